The Balaban J connectivity index is 2.17. The molecule has 3 atom stereocenters. The van der Waals surface area contributed by atoms with Crippen LogP contribution >= 0.6 is 11.3 Å². The summed E-state index contributed by atoms with van der Waals surface area (Å²) in [5.74, 6) is 0.0850. The summed E-state index contributed by atoms with van der Waals surface area (Å²) in [6.45, 7) is 5.00. The summed E-state index contributed by atoms with van der Waals surface area (Å²) in [6, 6.07) is 10.8. The first-order chi connectivity index (χ1) is 8.61. The summed E-state index contributed by atoms with van der Waals surface area (Å²) in [7, 11) is 2.13. The van der Waals surface area contributed by atoms with E-state index >= 15 is 0 Å². The van der Waals surface area contributed by atoms with E-state index in [-0.39, 0.29) is 5.92 Å². The largest absolute Gasteiger partial charge is 0.328 e. The van der Waals surface area contributed by atoms with E-state index in [1.807, 2.05) is 19.1 Å². The van der Waals surface area contributed by atoms with Gasteiger partial charge in [-0.05, 0) is 26.0 Å². The molecule has 1 unspecified atom stereocenters. The number of benzene rings is 1. The van der Waals surface area contributed by atoms with Crippen LogP contribution in [-0.4, -0.2) is 18.6 Å². The van der Waals surface area contributed by atoms with Gasteiger partial charge in [0.15, 0.2) is 5.01 Å². The Bertz CT molecular complexity index is 537. The highest BCUT2D eigenvalue weighted by molar-refractivity contribution is 7.18. The van der Waals surface area contributed by atoms with E-state index in [0.29, 0.717) is 6.04 Å². The number of aromatic nitrogens is 1. The Morgan fingerprint density at radius 2 is 2.11 bits per heavy atom. The van der Waals surface area contributed by atoms with Gasteiger partial charge in [0.1, 0.15) is 6.04 Å². The summed E-state index contributed by atoms with van der Waals surface area (Å²) < 4.78 is 1.24. The van der Waals surface area contributed by atoms with Crippen LogP contribution < -0.4 is 4.90 Å². The van der Waals surface area contributed by atoms with Crippen molar-refractivity contribution in [2.24, 2.45) is 5.92 Å². The molecular formula is C14H18N3S+. The van der Waals surface area contributed by atoms with Crippen molar-refractivity contribution in [3.63, 3.8) is 0 Å². The fourth-order valence-corrected chi connectivity index (χ4v) is 3.10. The van der Waals surface area contributed by atoms with Crippen LogP contribution in [-0.2, 0) is 0 Å². The van der Waals surface area contributed by atoms with Crippen molar-refractivity contribution in [1.82, 2.24) is 4.98 Å². The molecule has 0 saturated heterocycles. The van der Waals surface area contributed by atoms with Gasteiger partial charge in [0, 0.05) is 0 Å². The highest BCUT2D eigenvalue weighted by atomic mass is 32.1. The van der Waals surface area contributed by atoms with E-state index in [1.54, 1.807) is 11.3 Å². The van der Waals surface area contributed by atoms with Gasteiger partial charge < -0.3 is 4.90 Å². The fraction of sp³-hybridized carbons (Fsp3) is 0.429. The van der Waals surface area contributed by atoms with Gasteiger partial charge in [-0.25, -0.2) is 4.98 Å². The molecule has 0 amide bonds. The highest BCUT2D eigenvalue weighted by Crippen LogP contribution is 2.24. The molecule has 1 aromatic heterocycles. The fourth-order valence-electron chi connectivity index (χ4n) is 1.99. The number of rotatable bonds is 4. The molecule has 0 radical (unpaired) electrons. The number of nitrogens with one attached hydrogen (secondary N) is 1. The number of hydrogen-bond donors (Lipinski definition) is 1. The Morgan fingerprint density at radius 1 is 1.39 bits per heavy atom. The summed E-state index contributed by atoms with van der Waals surface area (Å²) >= 11 is 1.75. The Morgan fingerprint density at radius 3 is 2.78 bits per heavy atom. The summed E-state index contributed by atoms with van der Waals surface area (Å²) in [5.41, 5.74) is 1.07. The Hall–Kier alpha value is -1.44. The zero-order chi connectivity index (χ0) is 13.1. The molecule has 0 bridgehead atoms. The minimum Gasteiger partial charge on any atom is -0.328 e. The lowest BCUT2D eigenvalue weighted by atomic mass is 10.2. The minimum atomic E-state index is 0.0850. The molecular weight excluding hydrogens is 242 g/mol. The van der Waals surface area contributed by atoms with Crippen molar-refractivity contribution >= 4 is 21.6 Å². The molecule has 18 heavy (non-hydrogen) atoms. The number of quaternary nitrogens is 1. The molecule has 0 aliphatic carbocycles. The molecule has 0 fully saturated rings. The van der Waals surface area contributed by atoms with E-state index in [0.717, 1.165) is 17.1 Å². The second-order valence-corrected chi connectivity index (χ2v) is 5.88. The van der Waals surface area contributed by atoms with Crippen LogP contribution in [0.2, 0.25) is 0 Å². The first kappa shape index (κ1) is 13.0. The third-order valence-corrected chi connectivity index (χ3v) is 4.49. The van der Waals surface area contributed by atoms with Crippen molar-refractivity contribution in [3.05, 3.63) is 29.3 Å². The molecule has 4 heteroatoms. The predicted molar refractivity (Wildman–Crippen MR) is 74.6 cm³/mol. The zero-order valence-corrected chi connectivity index (χ0v) is 11.8. The molecule has 2 aromatic rings. The molecule has 94 valence electrons. The second kappa shape index (κ2) is 5.47. The van der Waals surface area contributed by atoms with Crippen LogP contribution in [0.25, 0.3) is 10.2 Å². The smallest absolute Gasteiger partial charge is 0.151 e. The monoisotopic (exact) mass is 260 g/mol. The molecule has 0 aliphatic rings. The lowest BCUT2D eigenvalue weighted by molar-refractivity contribution is -0.912. The zero-order valence-electron chi connectivity index (χ0n) is 11.0. The van der Waals surface area contributed by atoms with E-state index in [4.69, 9.17) is 5.26 Å². The van der Waals surface area contributed by atoms with Gasteiger partial charge in [-0.1, -0.05) is 12.1 Å². The molecule has 0 spiro atoms. The number of para-hydroxylation sites is 1. The van der Waals surface area contributed by atoms with Gasteiger partial charge in [-0.3, -0.25) is 0 Å². The summed E-state index contributed by atoms with van der Waals surface area (Å²) in [5, 5.41) is 10.0. The van der Waals surface area contributed by atoms with Crippen LogP contribution in [0.15, 0.2) is 24.3 Å². The van der Waals surface area contributed by atoms with Gasteiger partial charge in [-0.2, -0.15) is 5.26 Å². The number of nitrogens with zero attached hydrogens (tertiary/aromatic N) is 2. The summed E-state index contributed by atoms with van der Waals surface area (Å²) in [6.07, 6.45) is 0. The standard InChI is InChI=1S/C14H17N3S/c1-10(8-15)9-17(3)11(2)14-16-12-6-4-5-7-13(12)18-14/h4-7,10-11H,9H2,1-3H3/p+1/t10-,11-/m0/s1. The lowest BCUT2D eigenvalue weighted by Gasteiger charge is -2.20. The minimum absolute atomic E-state index is 0.0850. The second-order valence-electron chi connectivity index (χ2n) is 4.82. The van der Waals surface area contributed by atoms with Crippen LogP contribution in [0.3, 0.4) is 0 Å². The molecule has 2 rings (SSSR count). The third-order valence-electron chi connectivity index (χ3n) is 3.27. The van der Waals surface area contributed by atoms with E-state index in [2.05, 4.69) is 37.2 Å². The van der Waals surface area contributed by atoms with Crippen LogP contribution in [0.4, 0.5) is 0 Å². The van der Waals surface area contributed by atoms with Gasteiger partial charge in [-0.15, -0.1) is 11.3 Å². The van der Waals surface area contributed by atoms with E-state index in [9.17, 15) is 0 Å². The molecule has 1 aromatic carbocycles. The van der Waals surface area contributed by atoms with Crippen molar-refractivity contribution < 1.29 is 4.90 Å². The first-order valence-electron chi connectivity index (χ1n) is 6.19. The van der Waals surface area contributed by atoms with Gasteiger partial charge in [0.25, 0.3) is 0 Å². The maximum atomic E-state index is 8.87. The predicted octanol–water partition coefficient (Wildman–Crippen LogP) is 2.03. The van der Waals surface area contributed by atoms with E-state index in [1.165, 1.54) is 9.60 Å². The Labute approximate surface area is 112 Å². The van der Waals surface area contributed by atoms with Gasteiger partial charge in [0.05, 0.1) is 35.8 Å². The maximum Gasteiger partial charge on any atom is 0.151 e. The number of hydrogen-bond acceptors (Lipinski definition) is 3. The van der Waals surface area contributed by atoms with Crippen molar-refractivity contribution in [2.75, 3.05) is 13.6 Å². The average Bonchev–Trinajstić information content (AvgIpc) is 2.81. The quantitative estimate of drug-likeness (QED) is 0.914. The number of thiazole rings is 1. The van der Waals surface area contributed by atoms with Crippen molar-refractivity contribution in [2.45, 2.75) is 19.9 Å². The average molecular weight is 260 g/mol. The van der Waals surface area contributed by atoms with Crippen molar-refractivity contribution in [1.29, 1.82) is 5.26 Å². The van der Waals surface area contributed by atoms with Crippen molar-refractivity contribution in [3.8, 4) is 6.07 Å². The van der Waals surface area contributed by atoms with E-state index < -0.39 is 0 Å². The van der Waals surface area contributed by atoms with Crippen LogP contribution in [0.1, 0.15) is 24.9 Å². The first-order valence-corrected chi connectivity index (χ1v) is 7.01. The Kier molecular flexibility index (Phi) is 3.95. The SMILES string of the molecule is C[C@@H](C#N)C[NH+](C)[C@@H](C)c1nc2ccccc2s1. The number of fused-ring (bicyclic) bond motifs is 1. The summed E-state index contributed by atoms with van der Waals surface area (Å²) in [4.78, 5) is 6.02. The molecule has 3 nitrogen and oxygen atoms in total. The van der Waals surface area contributed by atoms with Gasteiger partial charge in [0.2, 0.25) is 0 Å². The molecule has 0 aliphatic heterocycles. The third kappa shape index (κ3) is 2.69. The molecule has 1 heterocycles. The maximum absolute atomic E-state index is 8.87. The number of nitriles is 1. The normalized spacial score (nSPS) is 16.1. The van der Waals surface area contributed by atoms with Crippen LogP contribution in [0, 0.1) is 17.2 Å². The lowest BCUT2D eigenvalue weighted by Crippen LogP contribution is -3.09. The van der Waals surface area contributed by atoms with Gasteiger partial charge >= 0.3 is 0 Å². The van der Waals surface area contributed by atoms with Crippen LogP contribution in [0.5, 0.6) is 0 Å². The topological polar surface area (TPSA) is 41.1 Å². The molecule has 0 saturated carbocycles. The highest BCUT2D eigenvalue weighted by Gasteiger charge is 2.21. The molecule has 1 N–H and O–H groups in total.